The van der Waals surface area contributed by atoms with E-state index in [1.807, 2.05) is 6.92 Å². The van der Waals surface area contributed by atoms with Crippen molar-refractivity contribution in [3.05, 3.63) is 54.1 Å². The number of nitrogens with one attached hydrogen (secondary N) is 1. The number of carbonyl (C=O) groups is 3. The van der Waals surface area contributed by atoms with E-state index in [0.29, 0.717) is 29.8 Å². The van der Waals surface area contributed by atoms with Crippen LogP contribution in [-0.2, 0) is 9.59 Å². The van der Waals surface area contributed by atoms with E-state index in [2.05, 4.69) is 10.1 Å². The van der Waals surface area contributed by atoms with E-state index in [0.717, 1.165) is 12.1 Å². The Hall–Kier alpha value is -3.56. The molecule has 4 rings (SSSR count). The summed E-state index contributed by atoms with van der Waals surface area (Å²) in [7, 11) is 0. The van der Waals surface area contributed by atoms with Gasteiger partial charge in [0.2, 0.25) is 11.8 Å². The van der Waals surface area contributed by atoms with Crippen molar-refractivity contribution in [1.29, 1.82) is 0 Å². The lowest BCUT2D eigenvalue weighted by atomic mass is 9.98. The van der Waals surface area contributed by atoms with Crippen LogP contribution in [0.4, 0.5) is 24.5 Å². The Bertz CT molecular complexity index is 1070. The average Bonchev–Trinajstić information content (AvgIpc) is 3.03. The SMILES string of the molecule is CC12CCC(=O)N1c1ccccc1C(=O)N2CCC(=O)Nc1ccc(OC(F)(F)F)cc1. The molecule has 1 atom stereocenters. The molecule has 1 N–H and O–H groups in total. The van der Waals surface area contributed by atoms with Gasteiger partial charge in [-0.25, -0.2) is 0 Å². The maximum atomic E-state index is 13.1. The second-order valence-electron chi connectivity index (χ2n) is 7.79. The van der Waals surface area contributed by atoms with Gasteiger partial charge in [-0.3, -0.25) is 19.3 Å². The molecule has 2 aliphatic rings. The molecule has 32 heavy (non-hydrogen) atoms. The molecule has 1 saturated heterocycles. The second kappa shape index (κ2) is 7.85. The highest BCUT2D eigenvalue weighted by atomic mass is 19.4. The Labute approximate surface area is 181 Å². The summed E-state index contributed by atoms with van der Waals surface area (Å²) < 4.78 is 40.6. The van der Waals surface area contributed by atoms with Gasteiger partial charge in [0.05, 0.1) is 11.3 Å². The molecule has 0 aromatic heterocycles. The molecule has 10 heteroatoms. The van der Waals surface area contributed by atoms with Crippen LogP contribution in [0.5, 0.6) is 5.75 Å². The molecular weight excluding hydrogens is 427 g/mol. The third-order valence-electron chi connectivity index (χ3n) is 5.68. The highest BCUT2D eigenvalue weighted by Gasteiger charge is 2.52. The van der Waals surface area contributed by atoms with Crippen molar-refractivity contribution in [2.24, 2.45) is 0 Å². The van der Waals surface area contributed by atoms with Gasteiger partial charge in [0.15, 0.2) is 0 Å². The van der Waals surface area contributed by atoms with E-state index < -0.39 is 23.7 Å². The van der Waals surface area contributed by atoms with Crippen molar-refractivity contribution in [1.82, 2.24) is 4.90 Å². The van der Waals surface area contributed by atoms with E-state index in [1.54, 1.807) is 34.1 Å². The monoisotopic (exact) mass is 447 g/mol. The van der Waals surface area contributed by atoms with Gasteiger partial charge in [-0.2, -0.15) is 0 Å². The number of para-hydroxylation sites is 1. The maximum absolute atomic E-state index is 13.1. The molecule has 0 spiro atoms. The van der Waals surface area contributed by atoms with Crippen LogP contribution in [0.25, 0.3) is 0 Å². The highest BCUT2D eigenvalue weighted by Crippen LogP contribution is 2.44. The zero-order valence-corrected chi connectivity index (χ0v) is 17.1. The predicted molar refractivity (Wildman–Crippen MR) is 109 cm³/mol. The minimum Gasteiger partial charge on any atom is -0.406 e. The Morgan fingerprint density at radius 1 is 1.12 bits per heavy atom. The Morgan fingerprint density at radius 2 is 1.81 bits per heavy atom. The third-order valence-corrected chi connectivity index (χ3v) is 5.68. The number of hydrogen-bond donors (Lipinski definition) is 1. The fourth-order valence-corrected chi connectivity index (χ4v) is 4.22. The van der Waals surface area contributed by atoms with Crippen LogP contribution >= 0.6 is 0 Å². The number of fused-ring (bicyclic) bond motifs is 3. The quantitative estimate of drug-likeness (QED) is 0.754. The van der Waals surface area contributed by atoms with Crippen molar-refractivity contribution in [2.75, 3.05) is 16.8 Å². The van der Waals surface area contributed by atoms with Gasteiger partial charge in [-0.05, 0) is 49.7 Å². The maximum Gasteiger partial charge on any atom is 0.573 e. The van der Waals surface area contributed by atoms with Gasteiger partial charge in [-0.15, -0.1) is 13.2 Å². The summed E-state index contributed by atoms with van der Waals surface area (Å²) >= 11 is 0. The summed E-state index contributed by atoms with van der Waals surface area (Å²) in [5, 5.41) is 2.59. The highest BCUT2D eigenvalue weighted by molar-refractivity contribution is 6.10. The van der Waals surface area contributed by atoms with Gasteiger partial charge in [0.25, 0.3) is 5.91 Å². The molecule has 1 fully saturated rings. The van der Waals surface area contributed by atoms with Crippen LogP contribution in [0.3, 0.4) is 0 Å². The van der Waals surface area contributed by atoms with Crippen molar-refractivity contribution in [3.63, 3.8) is 0 Å². The molecule has 168 valence electrons. The molecule has 2 aliphatic heterocycles. The summed E-state index contributed by atoms with van der Waals surface area (Å²) in [6.07, 6.45) is -4.09. The molecule has 0 saturated carbocycles. The number of anilines is 2. The minimum absolute atomic E-state index is 0.0493. The second-order valence-corrected chi connectivity index (χ2v) is 7.79. The zero-order valence-electron chi connectivity index (χ0n) is 17.1. The van der Waals surface area contributed by atoms with E-state index in [4.69, 9.17) is 0 Å². The molecule has 3 amide bonds. The predicted octanol–water partition coefficient (Wildman–Crippen LogP) is 3.91. The Morgan fingerprint density at radius 3 is 2.50 bits per heavy atom. The van der Waals surface area contributed by atoms with Crippen LogP contribution in [0.15, 0.2) is 48.5 Å². The summed E-state index contributed by atoms with van der Waals surface area (Å²) in [6.45, 7) is 1.89. The van der Waals surface area contributed by atoms with Crippen LogP contribution in [0, 0.1) is 0 Å². The summed E-state index contributed by atoms with van der Waals surface area (Å²) in [5.41, 5.74) is 0.410. The lowest BCUT2D eigenvalue weighted by Crippen LogP contribution is -2.62. The van der Waals surface area contributed by atoms with E-state index >= 15 is 0 Å². The lowest BCUT2D eigenvalue weighted by Gasteiger charge is -2.48. The van der Waals surface area contributed by atoms with Gasteiger partial charge < -0.3 is 15.0 Å². The number of ether oxygens (including phenoxy) is 1. The molecule has 7 nitrogen and oxygen atoms in total. The molecule has 0 aliphatic carbocycles. The first-order valence-electron chi connectivity index (χ1n) is 9.98. The fraction of sp³-hybridized carbons (Fsp3) is 0.318. The van der Waals surface area contributed by atoms with E-state index in [9.17, 15) is 27.6 Å². The molecule has 1 unspecified atom stereocenters. The van der Waals surface area contributed by atoms with E-state index in [-0.39, 0.29) is 24.8 Å². The van der Waals surface area contributed by atoms with Crippen molar-refractivity contribution in [2.45, 2.75) is 38.2 Å². The summed E-state index contributed by atoms with van der Waals surface area (Å²) in [5.74, 6) is -1.15. The Balaban J connectivity index is 1.45. The van der Waals surface area contributed by atoms with Crippen molar-refractivity contribution >= 4 is 29.1 Å². The first-order valence-corrected chi connectivity index (χ1v) is 9.98. The molecule has 2 heterocycles. The van der Waals surface area contributed by atoms with Gasteiger partial charge in [-0.1, -0.05) is 12.1 Å². The van der Waals surface area contributed by atoms with Crippen molar-refractivity contribution < 1.29 is 32.3 Å². The fourth-order valence-electron chi connectivity index (χ4n) is 4.22. The number of halogens is 3. The van der Waals surface area contributed by atoms with Gasteiger partial charge >= 0.3 is 6.36 Å². The first kappa shape index (κ1) is 21.7. The summed E-state index contributed by atoms with van der Waals surface area (Å²) in [6, 6.07) is 11.7. The van der Waals surface area contributed by atoms with Crippen LogP contribution < -0.4 is 15.0 Å². The molecule has 0 bridgehead atoms. The first-order chi connectivity index (χ1) is 15.1. The third kappa shape index (κ3) is 4.00. The zero-order chi connectivity index (χ0) is 23.1. The number of nitrogens with zero attached hydrogens (tertiary/aromatic N) is 2. The Kier molecular flexibility index (Phi) is 5.31. The molecule has 2 aromatic carbocycles. The lowest BCUT2D eigenvalue weighted by molar-refractivity contribution is -0.274. The number of amides is 3. The number of benzene rings is 2. The molecule has 2 aromatic rings. The number of rotatable bonds is 5. The van der Waals surface area contributed by atoms with Gasteiger partial charge in [0, 0.05) is 25.1 Å². The van der Waals surface area contributed by atoms with Crippen LogP contribution in [-0.4, -0.2) is 41.2 Å². The van der Waals surface area contributed by atoms with Crippen LogP contribution in [0.1, 0.15) is 36.5 Å². The standard InChI is InChI=1S/C22H20F3N3O4/c1-21-12-10-19(30)28(21)17-5-3-2-4-16(17)20(31)27(21)13-11-18(29)26-14-6-8-15(9-7-14)32-22(23,24)25/h2-9H,10-13H2,1H3,(H,26,29). The van der Waals surface area contributed by atoms with Gasteiger partial charge in [0.1, 0.15) is 11.4 Å². The smallest absolute Gasteiger partial charge is 0.406 e. The topological polar surface area (TPSA) is 79.0 Å². The summed E-state index contributed by atoms with van der Waals surface area (Å²) in [4.78, 5) is 41.3. The normalized spacial score (nSPS) is 20.1. The molecular formula is C22H20F3N3O4. The number of hydrogen-bond acceptors (Lipinski definition) is 4. The van der Waals surface area contributed by atoms with E-state index in [1.165, 1.54) is 12.1 Å². The molecule has 0 radical (unpaired) electrons. The number of alkyl halides is 3. The average molecular weight is 447 g/mol. The largest absolute Gasteiger partial charge is 0.573 e. The van der Waals surface area contributed by atoms with Crippen LogP contribution in [0.2, 0.25) is 0 Å². The van der Waals surface area contributed by atoms with Crippen molar-refractivity contribution in [3.8, 4) is 5.75 Å². The minimum atomic E-state index is -4.80. The number of carbonyl (C=O) groups excluding carboxylic acids is 3.